The van der Waals surface area contributed by atoms with Crippen molar-refractivity contribution < 1.29 is 4.79 Å². The maximum absolute atomic E-state index is 10.8. The Hall–Kier alpha value is 0.160. The number of amides is 1. The summed E-state index contributed by atoms with van der Waals surface area (Å²) in [5, 5.41) is 0. The minimum atomic E-state index is 0.0481. The van der Waals surface area contributed by atoms with Crippen LogP contribution in [0.15, 0.2) is 0 Å². The van der Waals surface area contributed by atoms with Gasteiger partial charge in [0.2, 0.25) is 5.91 Å². The quantitative estimate of drug-likeness (QED) is 0.440. The Morgan fingerprint density at radius 3 is 2.67 bits per heavy atom. The molecule has 0 radical (unpaired) electrons. The van der Waals surface area contributed by atoms with Gasteiger partial charge >= 0.3 is 0 Å². The number of rotatable bonds is 3. The summed E-state index contributed by atoms with van der Waals surface area (Å²) in [5.74, 6) is 0.152. The third-order valence-corrected chi connectivity index (χ3v) is 1.50. The number of hydrogen-bond acceptors (Lipinski definition) is 2. The maximum atomic E-state index is 10.8. The van der Waals surface area contributed by atoms with Gasteiger partial charge in [-0.05, 0) is 6.42 Å². The topological polar surface area (TPSA) is 41.1 Å². The first-order valence-electron chi connectivity index (χ1n) is 2.87. The van der Waals surface area contributed by atoms with Crippen LogP contribution in [0.5, 0.6) is 0 Å². The first kappa shape index (κ1) is 9.16. The van der Waals surface area contributed by atoms with E-state index in [0.29, 0.717) is 0 Å². The highest BCUT2D eigenvalue weighted by atomic mass is 127. The Balaban J connectivity index is 3.46. The third kappa shape index (κ3) is 3.69. The van der Waals surface area contributed by atoms with E-state index in [9.17, 15) is 4.79 Å². The van der Waals surface area contributed by atoms with Gasteiger partial charge < -0.3 is 0 Å². The van der Waals surface area contributed by atoms with E-state index in [1.54, 1.807) is 0 Å². The van der Waals surface area contributed by atoms with Crippen LogP contribution in [0.3, 0.4) is 0 Å². The Morgan fingerprint density at radius 1 is 1.78 bits per heavy atom. The fourth-order valence-corrected chi connectivity index (χ4v) is 0.621. The molecule has 1 amide bonds. The molecular formula is C5H11IN2O. The van der Waals surface area contributed by atoms with Gasteiger partial charge in [0.05, 0.1) is 0 Å². The van der Waals surface area contributed by atoms with E-state index in [4.69, 9.17) is 0 Å². The summed E-state index contributed by atoms with van der Waals surface area (Å²) in [6.45, 7) is 3.88. The first-order valence-corrected chi connectivity index (χ1v) is 3.95. The van der Waals surface area contributed by atoms with Crippen molar-refractivity contribution in [3.63, 3.8) is 0 Å². The van der Waals surface area contributed by atoms with Crippen LogP contribution in [-0.4, -0.2) is 5.91 Å². The minimum absolute atomic E-state index is 0.0481. The van der Waals surface area contributed by atoms with Crippen LogP contribution in [0.2, 0.25) is 0 Å². The number of carbonyl (C=O) groups is 1. The molecule has 0 saturated carbocycles. The Morgan fingerprint density at radius 2 is 2.33 bits per heavy atom. The van der Waals surface area contributed by atoms with E-state index in [1.165, 1.54) is 0 Å². The van der Waals surface area contributed by atoms with Gasteiger partial charge in [-0.1, -0.05) is 13.8 Å². The molecule has 54 valence electrons. The second kappa shape index (κ2) is 4.99. The molecule has 0 aliphatic heterocycles. The van der Waals surface area contributed by atoms with Crippen molar-refractivity contribution >= 4 is 28.8 Å². The van der Waals surface area contributed by atoms with Gasteiger partial charge in [0.15, 0.2) is 0 Å². The van der Waals surface area contributed by atoms with E-state index in [-0.39, 0.29) is 11.8 Å². The van der Waals surface area contributed by atoms with Crippen LogP contribution in [0.1, 0.15) is 20.3 Å². The molecule has 1 atom stereocenters. The summed E-state index contributed by atoms with van der Waals surface area (Å²) in [6, 6.07) is 0. The highest BCUT2D eigenvalue weighted by Crippen LogP contribution is 1.98. The molecule has 1 unspecified atom stereocenters. The fourth-order valence-electron chi connectivity index (χ4n) is 0.355. The number of nitrogens with one attached hydrogen (secondary N) is 2. The molecule has 0 aliphatic carbocycles. The Bertz CT molecular complexity index is 97.0. The normalized spacial score (nSPS) is 12.8. The summed E-state index contributed by atoms with van der Waals surface area (Å²) in [4.78, 5) is 10.8. The van der Waals surface area contributed by atoms with E-state index in [2.05, 4.69) is 9.06 Å². The monoisotopic (exact) mass is 242 g/mol. The Labute approximate surface area is 69.0 Å². The second-order valence-corrected chi connectivity index (χ2v) is 2.43. The van der Waals surface area contributed by atoms with Gasteiger partial charge in [0.25, 0.3) is 0 Å². The average Bonchev–Trinajstić information content (AvgIpc) is 1.87. The number of hydrazine groups is 1. The Kier molecular flexibility index (Phi) is 5.07. The molecular weight excluding hydrogens is 231 g/mol. The maximum Gasteiger partial charge on any atom is 0.237 e. The molecule has 3 nitrogen and oxygen atoms in total. The van der Waals surface area contributed by atoms with Gasteiger partial charge in [0.1, 0.15) is 0 Å². The molecule has 0 bridgehead atoms. The smallest absolute Gasteiger partial charge is 0.237 e. The van der Waals surface area contributed by atoms with E-state index < -0.39 is 0 Å². The SMILES string of the molecule is CCC(C)C(=O)NNI. The minimum Gasteiger partial charge on any atom is -0.282 e. The summed E-state index contributed by atoms with van der Waals surface area (Å²) < 4.78 is 2.55. The molecule has 0 aromatic rings. The van der Waals surface area contributed by atoms with Gasteiger partial charge in [-0.3, -0.25) is 10.2 Å². The standard InChI is InChI=1S/C5H11IN2O/c1-3-4(2)5(9)7-8-6/h4,8H,3H2,1-2H3,(H,7,9). The largest absolute Gasteiger partial charge is 0.282 e. The number of hydrogen-bond donors (Lipinski definition) is 2. The van der Waals surface area contributed by atoms with Crippen LogP contribution in [0, 0.1) is 5.92 Å². The molecule has 0 fully saturated rings. The predicted octanol–water partition coefficient (Wildman–Crippen LogP) is 1.00. The molecule has 9 heavy (non-hydrogen) atoms. The predicted molar refractivity (Wildman–Crippen MR) is 44.8 cm³/mol. The summed E-state index contributed by atoms with van der Waals surface area (Å²) in [7, 11) is 0. The molecule has 0 rings (SSSR count). The second-order valence-electron chi connectivity index (χ2n) is 1.89. The highest BCUT2D eigenvalue weighted by Gasteiger charge is 2.07. The van der Waals surface area contributed by atoms with E-state index in [0.717, 1.165) is 6.42 Å². The van der Waals surface area contributed by atoms with Crippen molar-refractivity contribution in [2.75, 3.05) is 0 Å². The number of carbonyl (C=O) groups excluding carboxylic acids is 1. The molecule has 0 heterocycles. The zero-order valence-corrected chi connectivity index (χ0v) is 7.73. The van der Waals surface area contributed by atoms with E-state index in [1.807, 2.05) is 36.7 Å². The average molecular weight is 242 g/mol. The first-order chi connectivity index (χ1) is 4.22. The fraction of sp³-hybridized carbons (Fsp3) is 0.800. The molecule has 0 saturated heterocycles. The van der Waals surface area contributed by atoms with Crippen molar-refractivity contribution in [2.45, 2.75) is 20.3 Å². The van der Waals surface area contributed by atoms with Crippen LogP contribution in [-0.2, 0) is 4.79 Å². The van der Waals surface area contributed by atoms with Gasteiger partial charge in [-0.25, -0.2) is 0 Å². The van der Waals surface area contributed by atoms with Gasteiger partial charge in [0, 0.05) is 28.8 Å². The third-order valence-electron chi connectivity index (χ3n) is 1.23. The highest BCUT2D eigenvalue weighted by molar-refractivity contribution is 14.1. The van der Waals surface area contributed by atoms with Crippen LogP contribution >= 0.6 is 22.9 Å². The molecule has 0 aromatic heterocycles. The lowest BCUT2D eigenvalue weighted by Gasteiger charge is -2.06. The van der Waals surface area contributed by atoms with Crippen molar-refractivity contribution in [3.05, 3.63) is 0 Å². The zero-order valence-electron chi connectivity index (χ0n) is 5.57. The molecule has 2 N–H and O–H groups in total. The zero-order chi connectivity index (χ0) is 7.28. The number of halogens is 1. The van der Waals surface area contributed by atoms with Crippen molar-refractivity contribution in [3.8, 4) is 0 Å². The van der Waals surface area contributed by atoms with Gasteiger partial charge in [-0.15, -0.1) is 0 Å². The summed E-state index contributed by atoms with van der Waals surface area (Å²) >= 11 is 1.87. The van der Waals surface area contributed by atoms with Gasteiger partial charge in [-0.2, -0.15) is 3.64 Å². The lowest BCUT2D eigenvalue weighted by molar-refractivity contribution is -0.124. The van der Waals surface area contributed by atoms with Crippen molar-refractivity contribution in [1.82, 2.24) is 9.06 Å². The molecule has 0 spiro atoms. The molecule has 4 heteroatoms. The molecule has 0 aliphatic rings. The van der Waals surface area contributed by atoms with Crippen molar-refractivity contribution in [2.24, 2.45) is 5.92 Å². The summed E-state index contributed by atoms with van der Waals surface area (Å²) in [6.07, 6.45) is 0.879. The van der Waals surface area contributed by atoms with Crippen molar-refractivity contribution in [1.29, 1.82) is 0 Å². The van der Waals surface area contributed by atoms with Crippen LogP contribution < -0.4 is 9.06 Å². The lowest BCUT2D eigenvalue weighted by Crippen LogP contribution is -2.34. The van der Waals surface area contributed by atoms with Crippen LogP contribution in [0.4, 0.5) is 0 Å². The summed E-state index contributed by atoms with van der Waals surface area (Å²) in [5.41, 5.74) is 2.49. The van der Waals surface area contributed by atoms with Crippen LogP contribution in [0.25, 0.3) is 0 Å². The lowest BCUT2D eigenvalue weighted by atomic mass is 10.1. The van der Waals surface area contributed by atoms with E-state index >= 15 is 0 Å². The molecule has 0 aromatic carbocycles.